The van der Waals surface area contributed by atoms with Crippen molar-refractivity contribution in [3.63, 3.8) is 0 Å². The summed E-state index contributed by atoms with van der Waals surface area (Å²) < 4.78 is 11.9. The van der Waals surface area contributed by atoms with Gasteiger partial charge in [-0.3, -0.25) is 9.69 Å². The molecule has 3 aromatic carbocycles. The average Bonchev–Trinajstić information content (AvgIpc) is 2.98. The molecular weight excluding hydrogens is 476 g/mol. The fraction of sp³-hybridized carbons (Fsp3) is 0.406. The van der Waals surface area contributed by atoms with E-state index >= 15 is 0 Å². The molecule has 1 amide bonds. The number of aliphatic hydroxyl groups excluding tert-OH is 1. The third-order valence-corrected chi connectivity index (χ3v) is 7.85. The molecule has 200 valence electrons. The van der Waals surface area contributed by atoms with Crippen molar-refractivity contribution in [3.05, 3.63) is 89.0 Å². The number of methoxy groups -OCH3 is 1. The van der Waals surface area contributed by atoms with Crippen molar-refractivity contribution >= 4 is 5.91 Å². The van der Waals surface area contributed by atoms with E-state index in [9.17, 15) is 9.90 Å². The summed E-state index contributed by atoms with van der Waals surface area (Å²) in [6.45, 7) is 3.95. The number of nitrogens with zero attached hydrogens (tertiary/aromatic N) is 2. The van der Waals surface area contributed by atoms with Gasteiger partial charge in [-0.15, -0.1) is 0 Å². The van der Waals surface area contributed by atoms with Crippen molar-refractivity contribution in [1.82, 2.24) is 9.80 Å². The second kappa shape index (κ2) is 12.5. The number of amides is 1. The number of aliphatic hydroxyl groups is 1. The van der Waals surface area contributed by atoms with Gasteiger partial charge >= 0.3 is 0 Å². The first kappa shape index (κ1) is 26.3. The van der Waals surface area contributed by atoms with Gasteiger partial charge in [-0.1, -0.05) is 49.6 Å². The smallest absolute Gasteiger partial charge is 0.253 e. The molecule has 0 spiro atoms. The summed E-state index contributed by atoms with van der Waals surface area (Å²) in [4.78, 5) is 17.5. The molecule has 0 bridgehead atoms. The maximum Gasteiger partial charge on any atom is 0.253 e. The Bertz CT molecular complexity index is 1170. The van der Waals surface area contributed by atoms with E-state index < -0.39 is 0 Å². The predicted molar refractivity (Wildman–Crippen MR) is 149 cm³/mol. The van der Waals surface area contributed by atoms with Crippen LogP contribution < -0.4 is 9.47 Å². The lowest BCUT2D eigenvalue weighted by molar-refractivity contribution is 0.0628. The molecular formula is C32H38N2O4. The average molecular weight is 515 g/mol. The maximum absolute atomic E-state index is 13.1. The molecule has 1 saturated carbocycles. The topological polar surface area (TPSA) is 62.2 Å². The molecule has 0 unspecified atom stereocenters. The number of carbonyl (C=O) groups excluding carboxylic acids is 1. The lowest BCUT2D eigenvalue weighted by Gasteiger charge is -2.34. The van der Waals surface area contributed by atoms with Crippen molar-refractivity contribution in [2.45, 2.75) is 51.2 Å². The normalized spacial score (nSPS) is 16.8. The largest absolute Gasteiger partial charge is 0.493 e. The first-order chi connectivity index (χ1) is 18.6. The molecule has 1 heterocycles. The van der Waals surface area contributed by atoms with E-state index in [1.54, 1.807) is 7.11 Å². The molecule has 38 heavy (non-hydrogen) atoms. The zero-order chi connectivity index (χ0) is 26.3. The fourth-order valence-electron chi connectivity index (χ4n) is 5.66. The first-order valence-corrected chi connectivity index (χ1v) is 13.8. The Morgan fingerprint density at radius 1 is 0.921 bits per heavy atom. The highest BCUT2D eigenvalue weighted by molar-refractivity contribution is 5.94. The van der Waals surface area contributed by atoms with E-state index in [2.05, 4.69) is 41.3 Å². The van der Waals surface area contributed by atoms with E-state index in [-0.39, 0.29) is 12.5 Å². The third kappa shape index (κ3) is 6.20. The first-order valence-electron chi connectivity index (χ1n) is 13.8. The van der Waals surface area contributed by atoms with E-state index in [0.717, 1.165) is 25.2 Å². The van der Waals surface area contributed by atoms with Gasteiger partial charge in [0.2, 0.25) is 0 Å². The van der Waals surface area contributed by atoms with Gasteiger partial charge in [0.25, 0.3) is 5.91 Å². The highest BCUT2D eigenvalue weighted by Crippen LogP contribution is 2.41. The van der Waals surface area contributed by atoms with Gasteiger partial charge in [0.05, 0.1) is 13.7 Å². The van der Waals surface area contributed by atoms with Crippen LogP contribution in [0.25, 0.3) is 0 Å². The van der Waals surface area contributed by atoms with Gasteiger partial charge in [-0.25, -0.2) is 0 Å². The Kier molecular flexibility index (Phi) is 8.61. The van der Waals surface area contributed by atoms with Crippen LogP contribution in [-0.2, 0) is 13.2 Å². The van der Waals surface area contributed by atoms with E-state index in [1.807, 2.05) is 35.2 Å². The van der Waals surface area contributed by atoms with E-state index in [0.29, 0.717) is 41.8 Å². The number of piperazine rings is 1. The minimum Gasteiger partial charge on any atom is -0.493 e. The van der Waals surface area contributed by atoms with Crippen LogP contribution in [0.2, 0.25) is 0 Å². The minimum absolute atomic E-state index is 0.0429. The Labute approximate surface area is 225 Å². The van der Waals surface area contributed by atoms with E-state index in [1.165, 1.54) is 43.2 Å². The van der Waals surface area contributed by atoms with Crippen molar-refractivity contribution in [3.8, 4) is 17.2 Å². The Balaban J connectivity index is 1.22. The third-order valence-electron chi connectivity index (χ3n) is 7.85. The second-order valence-electron chi connectivity index (χ2n) is 10.4. The van der Waals surface area contributed by atoms with Gasteiger partial charge in [-0.05, 0) is 66.3 Å². The number of ether oxygens (including phenoxy) is 2. The minimum atomic E-state index is -0.126. The monoisotopic (exact) mass is 514 g/mol. The summed E-state index contributed by atoms with van der Waals surface area (Å²) in [6, 6.07) is 21.8. The molecule has 1 aliphatic heterocycles. The lowest BCUT2D eigenvalue weighted by atomic mass is 9.83. The van der Waals surface area contributed by atoms with Crippen LogP contribution in [0.15, 0.2) is 66.7 Å². The number of carbonyl (C=O) groups is 1. The Morgan fingerprint density at radius 3 is 2.29 bits per heavy atom. The molecule has 2 aliphatic rings. The van der Waals surface area contributed by atoms with Crippen LogP contribution in [0.5, 0.6) is 17.2 Å². The van der Waals surface area contributed by atoms with Crippen LogP contribution >= 0.6 is 0 Å². The molecule has 2 fully saturated rings. The quantitative estimate of drug-likeness (QED) is 0.400. The van der Waals surface area contributed by atoms with E-state index in [4.69, 9.17) is 9.47 Å². The zero-order valence-corrected chi connectivity index (χ0v) is 22.3. The van der Waals surface area contributed by atoms with Gasteiger partial charge < -0.3 is 19.5 Å². The van der Waals surface area contributed by atoms with Gasteiger partial charge in [0.1, 0.15) is 5.75 Å². The van der Waals surface area contributed by atoms with Crippen LogP contribution in [0.3, 0.4) is 0 Å². The van der Waals surface area contributed by atoms with Gasteiger partial charge in [0, 0.05) is 43.9 Å². The molecule has 0 atom stereocenters. The van der Waals surface area contributed by atoms with Crippen molar-refractivity contribution in [2.75, 3.05) is 33.3 Å². The van der Waals surface area contributed by atoms with Gasteiger partial charge in [0.15, 0.2) is 11.5 Å². The highest BCUT2D eigenvalue weighted by Gasteiger charge is 2.23. The fourth-order valence-corrected chi connectivity index (χ4v) is 5.66. The molecule has 0 radical (unpaired) electrons. The van der Waals surface area contributed by atoms with Crippen molar-refractivity contribution < 1.29 is 19.4 Å². The van der Waals surface area contributed by atoms with Crippen molar-refractivity contribution in [2.24, 2.45) is 0 Å². The molecule has 6 nitrogen and oxygen atoms in total. The van der Waals surface area contributed by atoms with Crippen molar-refractivity contribution in [1.29, 1.82) is 0 Å². The summed E-state index contributed by atoms with van der Waals surface area (Å²) in [5, 5.41) is 10.1. The molecule has 5 rings (SSSR count). The summed E-state index contributed by atoms with van der Waals surface area (Å²) >= 11 is 0. The Hall–Kier alpha value is -3.35. The number of hydrogen-bond acceptors (Lipinski definition) is 5. The SMILES string of the molecule is COc1cc(C2CCCCC2)cc(CO)c1Oc1ccc(C(=O)N2CCN(Cc3ccccc3)CC2)cc1. The highest BCUT2D eigenvalue weighted by atomic mass is 16.5. The summed E-state index contributed by atoms with van der Waals surface area (Å²) in [5.41, 5.74) is 3.88. The number of rotatable bonds is 8. The maximum atomic E-state index is 13.1. The molecule has 0 aromatic heterocycles. The summed E-state index contributed by atoms with van der Waals surface area (Å²) in [6.07, 6.45) is 6.13. The summed E-state index contributed by atoms with van der Waals surface area (Å²) in [7, 11) is 1.63. The molecule has 1 saturated heterocycles. The molecule has 6 heteroatoms. The van der Waals surface area contributed by atoms with Gasteiger partial charge in [-0.2, -0.15) is 0 Å². The van der Waals surface area contributed by atoms with Crippen LogP contribution in [0.1, 0.15) is 65.1 Å². The number of hydrogen-bond donors (Lipinski definition) is 1. The van der Waals surface area contributed by atoms with Crippen LogP contribution in [-0.4, -0.2) is 54.1 Å². The molecule has 3 aromatic rings. The van der Waals surface area contributed by atoms with Crippen LogP contribution in [0.4, 0.5) is 0 Å². The summed E-state index contributed by atoms with van der Waals surface area (Å²) in [5.74, 6) is 2.31. The number of benzene rings is 3. The lowest BCUT2D eigenvalue weighted by Crippen LogP contribution is -2.48. The zero-order valence-electron chi connectivity index (χ0n) is 22.3. The van der Waals surface area contributed by atoms with Crippen LogP contribution in [0, 0.1) is 0 Å². The standard InChI is InChI=1S/C32H38N2O4/c1-37-30-21-27(25-10-6-3-7-11-25)20-28(23-35)31(30)38-29-14-12-26(13-15-29)32(36)34-18-16-33(17-19-34)22-24-8-4-2-5-9-24/h2,4-5,8-9,12-15,20-21,25,35H,3,6-7,10-11,16-19,22-23H2,1H3. The molecule has 1 aliphatic carbocycles. The second-order valence-corrected chi connectivity index (χ2v) is 10.4. The predicted octanol–water partition coefficient (Wildman–Crippen LogP) is 5.99. The molecule has 1 N–H and O–H groups in total. The Morgan fingerprint density at radius 2 is 1.63 bits per heavy atom.